The molecule has 1 atom stereocenters. The number of nitrogens with zero attached hydrogens (tertiary/aromatic N) is 3. The van der Waals surface area contributed by atoms with Crippen molar-refractivity contribution in [2.24, 2.45) is 0 Å². The summed E-state index contributed by atoms with van der Waals surface area (Å²) in [6, 6.07) is 1.93. The maximum Gasteiger partial charge on any atom is 0.159 e. The Hall–Kier alpha value is -1.81. The molecule has 4 heteroatoms. The molecule has 94 valence electrons. The van der Waals surface area contributed by atoms with E-state index in [9.17, 15) is 5.11 Å². The molecular formula is C14H17N3O. The predicted octanol–water partition coefficient (Wildman–Crippen LogP) is 2.46. The maximum atomic E-state index is 9.58. The molecule has 0 aliphatic carbocycles. The van der Waals surface area contributed by atoms with Crippen molar-refractivity contribution in [3.8, 4) is 11.4 Å². The van der Waals surface area contributed by atoms with Gasteiger partial charge in [-0.15, -0.1) is 0 Å². The molecule has 18 heavy (non-hydrogen) atoms. The third-order valence-corrected chi connectivity index (χ3v) is 2.99. The van der Waals surface area contributed by atoms with Gasteiger partial charge in [-0.3, -0.25) is 4.98 Å². The Morgan fingerprint density at radius 2 is 2.11 bits per heavy atom. The quantitative estimate of drug-likeness (QED) is 0.899. The summed E-state index contributed by atoms with van der Waals surface area (Å²) in [5.41, 5.74) is 3.72. The van der Waals surface area contributed by atoms with Gasteiger partial charge in [0.15, 0.2) is 5.82 Å². The van der Waals surface area contributed by atoms with Gasteiger partial charge in [0.2, 0.25) is 0 Å². The van der Waals surface area contributed by atoms with Crippen molar-refractivity contribution in [3.05, 3.63) is 41.5 Å². The second-order valence-electron chi connectivity index (χ2n) is 4.30. The molecule has 0 aliphatic heterocycles. The minimum absolute atomic E-state index is 0.540. The largest absolute Gasteiger partial charge is 0.389 e. The second kappa shape index (κ2) is 5.23. The second-order valence-corrected chi connectivity index (χ2v) is 4.30. The van der Waals surface area contributed by atoms with Crippen molar-refractivity contribution in [2.75, 3.05) is 0 Å². The summed E-state index contributed by atoms with van der Waals surface area (Å²) in [7, 11) is 0. The fourth-order valence-electron chi connectivity index (χ4n) is 1.94. The van der Waals surface area contributed by atoms with Crippen LogP contribution in [0.5, 0.6) is 0 Å². The number of rotatable bonds is 3. The summed E-state index contributed by atoms with van der Waals surface area (Å²) < 4.78 is 0. The summed E-state index contributed by atoms with van der Waals surface area (Å²) in [4.78, 5) is 12.9. The van der Waals surface area contributed by atoms with Gasteiger partial charge in [0.1, 0.15) is 0 Å². The highest BCUT2D eigenvalue weighted by molar-refractivity contribution is 5.59. The van der Waals surface area contributed by atoms with E-state index in [1.165, 1.54) is 0 Å². The van der Waals surface area contributed by atoms with Gasteiger partial charge < -0.3 is 5.11 Å². The number of aliphatic hydroxyl groups is 1. The summed E-state index contributed by atoms with van der Waals surface area (Å²) >= 11 is 0. The van der Waals surface area contributed by atoms with Crippen LogP contribution >= 0.6 is 0 Å². The summed E-state index contributed by atoms with van der Waals surface area (Å²) in [5, 5.41) is 9.58. The lowest BCUT2D eigenvalue weighted by Gasteiger charge is -2.10. The molecule has 2 aromatic rings. The molecule has 0 radical (unpaired) electrons. The van der Waals surface area contributed by atoms with Crippen LogP contribution in [0.4, 0.5) is 0 Å². The number of hydrogen-bond donors (Lipinski definition) is 1. The zero-order valence-corrected chi connectivity index (χ0v) is 10.9. The Balaban J connectivity index is 2.49. The predicted molar refractivity (Wildman–Crippen MR) is 70.0 cm³/mol. The Kier molecular flexibility index (Phi) is 3.67. The van der Waals surface area contributed by atoms with Gasteiger partial charge in [0.25, 0.3) is 0 Å². The van der Waals surface area contributed by atoms with Crippen molar-refractivity contribution in [2.45, 2.75) is 33.3 Å². The molecule has 2 aromatic heterocycles. The Morgan fingerprint density at radius 1 is 1.33 bits per heavy atom. The van der Waals surface area contributed by atoms with E-state index in [1.54, 1.807) is 19.3 Å². The highest BCUT2D eigenvalue weighted by Gasteiger charge is 2.11. The van der Waals surface area contributed by atoms with Crippen LogP contribution in [0.3, 0.4) is 0 Å². The molecule has 0 aromatic carbocycles. The highest BCUT2D eigenvalue weighted by atomic mass is 16.3. The van der Waals surface area contributed by atoms with Crippen molar-refractivity contribution in [3.63, 3.8) is 0 Å². The first-order valence-electron chi connectivity index (χ1n) is 6.08. The minimum atomic E-state index is -0.540. The van der Waals surface area contributed by atoms with E-state index in [0.29, 0.717) is 5.82 Å². The fourth-order valence-corrected chi connectivity index (χ4v) is 1.94. The van der Waals surface area contributed by atoms with Gasteiger partial charge in [-0.1, -0.05) is 6.92 Å². The van der Waals surface area contributed by atoms with E-state index < -0.39 is 6.10 Å². The standard InChI is InChI=1S/C14H17N3O/c1-4-11-7-15-6-5-12(11)14-16-8-13(10(3)18)9(2)17-14/h5-8,10,18H,4H2,1-3H3. The minimum Gasteiger partial charge on any atom is -0.389 e. The molecule has 1 N–H and O–H groups in total. The van der Waals surface area contributed by atoms with Crippen LogP contribution < -0.4 is 0 Å². The maximum absolute atomic E-state index is 9.58. The van der Waals surface area contributed by atoms with E-state index in [2.05, 4.69) is 21.9 Å². The lowest BCUT2D eigenvalue weighted by Crippen LogP contribution is -2.02. The monoisotopic (exact) mass is 243 g/mol. The first kappa shape index (κ1) is 12.6. The summed E-state index contributed by atoms with van der Waals surface area (Å²) in [6.45, 7) is 5.69. The number of aliphatic hydroxyl groups excluding tert-OH is 1. The number of hydrogen-bond acceptors (Lipinski definition) is 4. The van der Waals surface area contributed by atoms with Crippen LogP contribution in [-0.4, -0.2) is 20.1 Å². The van der Waals surface area contributed by atoms with Crippen LogP contribution in [0.2, 0.25) is 0 Å². The van der Waals surface area contributed by atoms with E-state index in [-0.39, 0.29) is 0 Å². The first-order valence-corrected chi connectivity index (χ1v) is 6.08. The lowest BCUT2D eigenvalue weighted by molar-refractivity contribution is 0.197. The van der Waals surface area contributed by atoms with Crippen molar-refractivity contribution in [1.82, 2.24) is 15.0 Å². The molecule has 4 nitrogen and oxygen atoms in total. The van der Waals surface area contributed by atoms with E-state index in [4.69, 9.17) is 0 Å². The van der Waals surface area contributed by atoms with Crippen LogP contribution in [-0.2, 0) is 6.42 Å². The van der Waals surface area contributed by atoms with E-state index in [1.807, 2.05) is 19.2 Å². The Labute approximate surface area is 107 Å². The van der Waals surface area contributed by atoms with E-state index >= 15 is 0 Å². The molecule has 2 heterocycles. The van der Waals surface area contributed by atoms with Crippen molar-refractivity contribution in [1.29, 1.82) is 0 Å². The fraction of sp³-hybridized carbons (Fsp3) is 0.357. The van der Waals surface area contributed by atoms with Crippen molar-refractivity contribution < 1.29 is 5.11 Å². The molecule has 0 fully saturated rings. The molecule has 0 saturated carbocycles. The summed E-state index contributed by atoms with van der Waals surface area (Å²) in [5.74, 6) is 0.691. The topological polar surface area (TPSA) is 58.9 Å². The number of aryl methyl sites for hydroxylation is 2. The lowest BCUT2D eigenvalue weighted by atomic mass is 10.1. The third kappa shape index (κ3) is 2.38. The van der Waals surface area contributed by atoms with Crippen molar-refractivity contribution >= 4 is 0 Å². The van der Waals surface area contributed by atoms with E-state index in [0.717, 1.165) is 28.8 Å². The molecular weight excluding hydrogens is 226 g/mol. The normalized spacial score (nSPS) is 12.4. The Bertz CT molecular complexity index is 552. The SMILES string of the molecule is CCc1cnccc1-c1ncc(C(C)O)c(C)n1. The first-order chi connectivity index (χ1) is 8.63. The van der Waals surface area contributed by atoms with Gasteiger partial charge in [-0.2, -0.15) is 0 Å². The third-order valence-electron chi connectivity index (χ3n) is 2.99. The molecule has 0 aliphatic rings. The van der Waals surface area contributed by atoms with Gasteiger partial charge in [-0.25, -0.2) is 9.97 Å². The molecule has 0 bridgehead atoms. The highest BCUT2D eigenvalue weighted by Crippen LogP contribution is 2.22. The van der Waals surface area contributed by atoms with Gasteiger partial charge in [0, 0.05) is 35.4 Å². The zero-order valence-electron chi connectivity index (χ0n) is 10.9. The average Bonchev–Trinajstić information content (AvgIpc) is 2.38. The smallest absolute Gasteiger partial charge is 0.159 e. The van der Waals surface area contributed by atoms with Crippen LogP contribution in [0.15, 0.2) is 24.7 Å². The molecule has 0 amide bonds. The van der Waals surface area contributed by atoms with Gasteiger partial charge in [0.05, 0.1) is 6.10 Å². The van der Waals surface area contributed by atoms with Crippen LogP contribution in [0.1, 0.15) is 36.8 Å². The molecule has 2 rings (SSSR count). The molecule has 0 spiro atoms. The van der Waals surface area contributed by atoms with Crippen LogP contribution in [0.25, 0.3) is 11.4 Å². The molecule has 1 unspecified atom stereocenters. The Morgan fingerprint density at radius 3 is 2.72 bits per heavy atom. The van der Waals surface area contributed by atoms with Gasteiger partial charge in [-0.05, 0) is 31.9 Å². The summed E-state index contributed by atoms with van der Waals surface area (Å²) in [6.07, 6.45) is 5.64. The number of aromatic nitrogens is 3. The zero-order chi connectivity index (χ0) is 13.1. The number of pyridine rings is 1. The van der Waals surface area contributed by atoms with Crippen LogP contribution in [0, 0.1) is 6.92 Å². The average molecular weight is 243 g/mol. The van der Waals surface area contributed by atoms with Gasteiger partial charge >= 0.3 is 0 Å². The molecule has 0 saturated heterocycles.